The van der Waals surface area contributed by atoms with Crippen LogP contribution < -0.4 is 11.1 Å². The summed E-state index contributed by atoms with van der Waals surface area (Å²) >= 11 is 0. The van der Waals surface area contributed by atoms with E-state index in [1.165, 1.54) is 0 Å². The van der Waals surface area contributed by atoms with Gasteiger partial charge in [0, 0.05) is 12.5 Å². The molecule has 0 bridgehead atoms. The van der Waals surface area contributed by atoms with Crippen molar-refractivity contribution >= 4 is 5.91 Å². The van der Waals surface area contributed by atoms with Gasteiger partial charge in [0.05, 0.1) is 19.3 Å². The van der Waals surface area contributed by atoms with Crippen LogP contribution in [0.5, 0.6) is 0 Å². The summed E-state index contributed by atoms with van der Waals surface area (Å²) in [6.45, 7) is 3.09. The molecule has 2 rings (SSSR count). The predicted molar refractivity (Wildman–Crippen MR) is 91.6 cm³/mol. The van der Waals surface area contributed by atoms with Crippen molar-refractivity contribution in [1.82, 2.24) is 5.32 Å². The third-order valence-corrected chi connectivity index (χ3v) is 3.72. The van der Waals surface area contributed by atoms with Crippen LogP contribution in [0.25, 0.3) is 0 Å². The number of hydrogen-bond acceptors (Lipinski definition) is 3. The summed E-state index contributed by atoms with van der Waals surface area (Å²) in [7, 11) is 0. The van der Waals surface area contributed by atoms with Gasteiger partial charge in [-0.3, -0.25) is 4.79 Å². The monoisotopic (exact) mass is 312 g/mol. The SMILES string of the molecule is CC(CN)C(=O)NC(COCc1ccccc1)c1ccccc1. The second-order valence-electron chi connectivity index (χ2n) is 5.61. The van der Waals surface area contributed by atoms with Gasteiger partial charge in [-0.05, 0) is 11.1 Å². The second kappa shape index (κ2) is 9.08. The molecule has 3 N–H and O–H groups in total. The van der Waals surface area contributed by atoms with E-state index in [1.807, 2.05) is 67.6 Å². The highest BCUT2D eigenvalue weighted by molar-refractivity contribution is 5.79. The number of benzene rings is 2. The van der Waals surface area contributed by atoms with E-state index in [9.17, 15) is 4.79 Å². The summed E-state index contributed by atoms with van der Waals surface area (Å²) in [5.41, 5.74) is 7.71. The summed E-state index contributed by atoms with van der Waals surface area (Å²) in [6.07, 6.45) is 0. The minimum atomic E-state index is -0.213. The number of hydrogen-bond donors (Lipinski definition) is 2. The summed E-state index contributed by atoms with van der Waals surface area (Å²) in [4.78, 5) is 12.1. The average molecular weight is 312 g/mol. The van der Waals surface area contributed by atoms with Crippen LogP contribution in [0.4, 0.5) is 0 Å². The van der Waals surface area contributed by atoms with E-state index in [4.69, 9.17) is 10.5 Å². The lowest BCUT2D eigenvalue weighted by Gasteiger charge is -2.21. The lowest BCUT2D eigenvalue weighted by molar-refractivity contribution is -0.125. The number of nitrogens with one attached hydrogen (secondary N) is 1. The van der Waals surface area contributed by atoms with Crippen molar-refractivity contribution in [3.05, 3.63) is 71.8 Å². The molecule has 0 aliphatic heterocycles. The van der Waals surface area contributed by atoms with Gasteiger partial charge in [-0.25, -0.2) is 0 Å². The van der Waals surface area contributed by atoms with Gasteiger partial charge < -0.3 is 15.8 Å². The van der Waals surface area contributed by atoms with E-state index in [-0.39, 0.29) is 17.9 Å². The zero-order valence-corrected chi connectivity index (χ0v) is 13.4. The lowest BCUT2D eigenvalue weighted by atomic mass is 10.1. The molecule has 2 aromatic rings. The highest BCUT2D eigenvalue weighted by Crippen LogP contribution is 2.15. The Kier molecular flexibility index (Phi) is 6.78. The fourth-order valence-corrected chi connectivity index (χ4v) is 2.20. The minimum Gasteiger partial charge on any atom is -0.374 e. The summed E-state index contributed by atoms with van der Waals surface area (Å²) in [6, 6.07) is 19.7. The summed E-state index contributed by atoms with van der Waals surface area (Å²) < 4.78 is 5.80. The van der Waals surface area contributed by atoms with E-state index in [1.54, 1.807) is 0 Å². The molecule has 0 saturated carbocycles. The van der Waals surface area contributed by atoms with E-state index in [2.05, 4.69) is 5.32 Å². The molecule has 0 fully saturated rings. The number of ether oxygens (including phenoxy) is 1. The standard InChI is InChI=1S/C19H24N2O2/c1-15(12-20)19(22)21-18(17-10-6-3-7-11-17)14-23-13-16-8-4-2-5-9-16/h2-11,15,18H,12-14,20H2,1H3,(H,21,22). The maximum Gasteiger partial charge on any atom is 0.224 e. The van der Waals surface area contributed by atoms with Crippen LogP contribution in [-0.4, -0.2) is 19.1 Å². The maximum absolute atomic E-state index is 12.1. The molecule has 23 heavy (non-hydrogen) atoms. The molecule has 0 aromatic heterocycles. The topological polar surface area (TPSA) is 64.4 Å². The van der Waals surface area contributed by atoms with Gasteiger partial charge >= 0.3 is 0 Å². The first-order valence-corrected chi connectivity index (χ1v) is 7.87. The highest BCUT2D eigenvalue weighted by Gasteiger charge is 2.18. The zero-order chi connectivity index (χ0) is 16.5. The van der Waals surface area contributed by atoms with Crippen LogP contribution in [0, 0.1) is 5.92 Å². The Balaban J connectivity index is 1.97. The first-order chi connectivity index (χ1) is 11.2. The third kappa shape index (κ3) is 5.51. The van der Waals surface area contributed by atoms with Crippen molar-refractivity contribution < 1.29 is 9.53 Å². The Morgan fingerprint density at radius 2 is 1.70 bits per heavy atom. The number of carbonyl (C=O) groups is 1. The molecule has 0 aliphatic rings. The fraction of sp³-hybridized carbons (Fsp3) is 0.316. The van der Waals surface area contributed by atoms with E-state index in [0.717, 1.165) is 11.1 Å². The molecule has 1 amide bonds. The average Bonchev–Trinajstić information content (AvgIpc) is 2.61. The van der Waals surface area contributed by atoms with Gasteiger partial charge in [0.1, 0.15) is 0 Å². The van der Waals surface area contributed by atoms with Crippen molar-refractivity contribution in [2.75, 3.05) is 13.2 Å². The number of amides is 1. The Labute approximate surface area is 137 Å². The zero-order valence-electron chi connectivity index (χ0n) is 13.4. The van der Waals surface area contributed by atoms with Gasteiger partial charge in [0.25, 0.3) is 0 Å². The summed E-state index contributed by atoms with van der Waals surface area (Å²) in [5.74, 6) is -0.264. The Morgan fingerprint density at radius 3 is 2.30 bits per heavy atom. The molecule has 2 unspecified atom stereocenters. The van der Waals surface area contributed by atoms with Crippen LogP contribution in [0.3, 0.4) is 0 Å². The van der Waals surface area contributed by atoms with Crippen molar-refractivity contribution in [1.29, 1.82) is 0 Å². The van der Waals surface area contributed by atoms with Gasteiger partial charge in [-0.2, -0.15) is 0 Å². The Bertz CT molecular complexity index is 587. The van der Waals surface area contributed by atoms with Crippen LogP contribution >= 0.6 is 0 Å². The Morgan fingerprint density at radius 1 is 1.09 bits per heavy atom. The molecule has 2 aromatic carbocycles. The predicted octanol–water partition coefficient (Wildman–Crippen LogP) is 2.66. The van der Waals surface area contributed by atoms with Gasteiger partial charge in [0.2, 0.25) is 5.91 Å². The number of rotatable bonds is 8. The second-order valence-corrected chi connectivity index (χ2v) is 5.61. The molecular formula is C19H24N2O2. The van der Waals surface area contributed by atoms with Crippen molar-refractivity contribution in [3.63, 3.8) is 0 Å². The number of nitrogens with two attached hydrogens (primary N) is 1. The molecule has 0 radical (unpaired) electrons. The molecular weight excluding hydrogens is 288 g/mol. The largest absolute Gasteiger partial charge is 0.374 e. The first-order valence-electron chi connectivity index (χ1n) is 7.87. The van der Waals surface area contributed by atoms with E-state index in [0.29, 0.717) is 19.8 Å². The van der Waals surface area contributed by atoms with E-state index < -0.39 is 0 Å². The molecule has 122 valence electrons. The summed E-state index contributed by atoms with van der Waals surface area (Å²) in [5, 5.41) is 3.03. The Hall–Kier alpha value is -2.17. The van der Waals surface area contributed by atoms with Crippen LogP contribution in [-0.2, 0) is 16.1 Å². The van der Waals surface area contributed by atoms with Crippen molar-refractivity contribution in [3.8, 4) is 0 Å². The molecule has 4 heteroatoms. The molecule has 2 atom stereocenters. The van der Waals surface area contributed by atoms with Crippen LogP contribution in [0.2, 0.25) is 0 Å². The third-order valence-electron chi connectivity index (χ3n) is 3.72. The normalized spacial score (nSPS) is 13.3. The smallest absolute Gasteiger partial charge is 0.224 e. The van der Waals surface area contributed by atoms with E-state index >= 15 is 0 Å². The van der Waals surface area contributed by atoms with Crippen molar-refractivity contribution in [2.24, 2.45) is 11.7 Å². The molecule has 0 saturated heterocycles. The van der Waals surface area contributed by atoms with Crippen molar-refractivity contribution in [2.45, 2.75) is 19.6 Å². The van der Waals surface area contributed by atoms with Gasteiger partial charge in [-0.15, -0.1) is 0 Å². The van der Waals surface area contributed by atoms with Gasteiger partial charge in [0.15, 0.2) is 0 Å². The highest BCUT2D eigenvalue weighted by atomic mass is 16.5. The molecule has 0 spiro atoms. The van der Waals surface area contributed by atoms with Crippen LogP contribution in [0.1, 0.15) is 24.1 Å². The number of carbonyl (C=O) groups excluding carboxylic acids is 1. The van der Waals surface area contributed by atoms with Gasteiger partial charge in [-0.1, -0.05) is 67.6 Å². The lowest BCUT2D eigenvalue weighted by Crippen LogP contribution is -2.37. The first kappa shape index (κ1) is 17.2. The quantitative estimate of drug-likeness (QED) is 0.787. The fourth-order valence-electron chi connectivity index (χ4n) is 2.20. The molecule has 0 aliphatic carbocycles. The maximum atomic E-state index is 12.1. The molecule has 4 nitrogen and oxygen atoms in total. The van der Waals surface area contributed by atoms with Crippen LogP contribution in [0.15, 0.2) is 60.7 Å². The minimum absolute atomic E-state index is 0.0512. The molecule has 0 heterocycles.